The van der Waals surface area contributed by atoms with E-state index in [4.69, 9.17) is 23.2 Å². The molecule has 2 rings (SSSR count). The third-order valence-corrected chi connectivity index (χ3v) is 3.32. The van der Waals surface area contributed by atoms with Crippen LogP contribution in [-0.4, -0.2) is 17.0 Å². The van der Waals surface area contributed by atoms with Crippen LogP contribution < -0.4 is 10.6 Å². The topological polar surface area (TPSA) is 78.4 Å². The van der Waals surface area contributed by atoms with Crippen LogP contribution in [-0.2, 0) is 0 Å². The van der Waals surface area contributed by atoms with Gasteiger partial charge in [-0.2, -0.15) is 0 Å². The van der Waals surface area contributed by atoms with E-state index in [9.17, 15) is 23.5 Å². The molecule has 0 aliphatic rings. The Morgan fingerprint density at radius 3 is 2.26 bits per heavy atom. The number of carbonyl (C=O) groups excluding carboxylic acids is 2. The van der Waals surface area contributed by atoms with Crippen molar-refractivity contribution in [2.75, 3.05) is 5.32 Å². The van der Waals surface area contributed by atoms with Gasteiger partial charge in [0.25, 0.3) is 5.91 Å². The summed E-state index contributed by atoms with van der Waals surface area (Å²) in [7, 11) is 0. The van der Waals surface area contributed by atoms with Gasteiger partial charge in [0.2, 0.25) is 0 Å². The second-order valence-corrected chi connectivity index (χ2v) is 5.10. The standard InChI is InChI=1S/C14H8Cl2F2N2O3/c15-6-5-11(21)7(16)4-10(6)19-14(23)20-13(22)12-8(17)2-1-3-9(12)18/h1-5,21H,(H2,19,20,22,23). The van der Waals surface area contributed by atoms with Crippen molar-refractivity contribution in [1.82, 2.24) is 5.32 Å². The van der Waals surface area contributed by atoms with E-state index in [1.165, 1.54) is 0 Å². The third kappa shape index (κ3) is 3.88. The quantitative estimate of drug-likeness (QED) is 0.709. The van der Waals surface area contributed by atoms with Crippen molar-refractivity contribution in [3.8, 4) is 5.75 Å². The van der Waals surface area contributed by atoms with Crippen LogP contribution in [0.4, 0.5) is 19.3 Å². The van der Waals surface area contributed by atoms with Crippen LogP contribution in [0.25, 0.3) is 0 Å². The molecule has 0 fully saturated rings. The second kappa shape index (κ2) is 6.80. The number of nitrogens with one attached hydrogen (secondary N) is 2. The Kier molecular flexibility index (Phi) is 5.02. The van der Waals surface area contributed by atoms with Gasteiger partial charge in [0.15, 0.2) is 0 Å². The summed E-state index contributed by atoms with van der Waals surface area (Å²) in [4.78, 5) is 23.5. The van der Waals surface area contributed by atoms with E-state index in [1.807, 2.05) is 0 Å². The van der Waals surface area contributed by atoms with E-state index < -0.39 is 29.1 Å². The van der Waals surface area contributed by atoms with Crippen molar-refractivity contribution in [2.45, 2.75) is 0 Å². The number of imide groups is 1. The highest BCUT2D eigenvalue weighted by atomic mass is 35.5. The maximum absolute atomic E-state index is 13.4. The summed E-state index contributed by atoms with van der Waals surface area (Å²) in [6.45, 7) is 0. The molecule has 3 amide bonds. The molecule has 0 aliphatic carbocycles. The molecule has 23 heavy (non-hydrogen) atoms. The van der Waals surface area contributed by atoms with Crippen molar-refractivity contribution in [3.63, 3.8) is 0 Å². The maximum atomic E-state index is 13.4. The number of phenolic OH excluding ortho intramolecular Hbond substituents is 1. The van der Waals surface area contributed by atoms with Crippen molar-refractivity contribution in [3.05, 3.63) is 57.6 Å². The summed E-state index contributed by atoms with van der Waals surface area (Å²) < 4.78 is 26.9. The number of rotatable bonds is 2. The number of phenols is 1. The first kappa shape index (κ1) is 17.0. The predicted molar refractivity (Wildman–Crippen MR) is 81.0 cm³/mol. The summed E-state index contributed by atoms with van der Waals surface area (Å²) in [5.74, 6) is -3.78. The van der Waals surface area contributed by atoms with Crippen LogP contribution in [0.5, 0.6) is 5.75 Å². The van der Waals surface area contributed by atoms with Gasteiger partial charge in [0.1, 0.15) is 22.9 Å². The molecule has 2 aromatic rings. The lowest BCUT2D eigenvalue weighted by molar-refractivity contribution is 0.0959. The number of benzene rings is 2. The van der Waals surface area contributed by atoms with Crippen molar-refractivity contribution >= 4 is 40.8 Å². The van der Waals surface area contributed by atoms with E-state index in [2.05, 4.69) is 5.32 Å². The molecule has 3 N–H and O–H groups in total. The highest BCUT2D eigenvalue weighted by molar-refractivity contribution is 6.36. The molecule has 0 aliphatic heterocycles. The highest BCUT2D eigenvalue weighted by Gasteiger charge is 2.19. The van der Waals surface area contributed by atoms with Gasteiger partial charge in [-0.3, -0.25) is 10.1 Å². The predicted octanol–water partition coefficient (Wildman–Crippen LogP) is 3.94. The lowest BCUT2D eigenvalue weighted by Crippen LogP contribution is -2.35. The van der Waals surface area contributed by atoms with Gasteiger partial charge < -0.3 is 10.4 Å². The minimum absolute atomic E-state index is 0.00577. The number of aromatic hydroxyl groups is 1. The number of amides is 3. The molecule has 0 saturated carbocycles. The Bertz CT molecular complexity index is 780. The fraction of sp³-hybridized carbons (Fsp3) is 0. The molecule has 0 bridgehead atoms. The van der Waals surface area contributed by atoms with Crippen molar-refractivity contribution < 1.29 is 23.5 Å². The number of halogens is 4. The third-order valence-electron chi connectivity index (χ3n) is 2.70. The van der Waals surface area contributed by atoms with Gasteiger partial charge in [0.05, 0.1) is 15.7 Å². The molecule has 9 heteroatoms. The van der Waals surface area contributed by atoms with E-state index in [1.54, 1.807) is 5.32 Å². The molecule has 0 heterocycles. The Balaban J connectivity index is 2.14. The fourth-order valence-corrected chi connectivity index (χ4v) is 2.03. The Morgan fingerprint density at radius 2 is 1.65 bits per heavy atom. The fourth-order valence-electron chi connectivity index (χ4n) is 1.67. The van der Waals surface area contributed by atoms with Gasteiger partial charge >= 0.3 is 6.03 Å². The highest BCUT2D eigenvalue weighted by Crippen LogP contribution is 2.33. The number of hydrogen-bond acceptors (Lipinski definition) is 3. The van der Waals surface area contributed by atoms with Crippen LogP contribution in [0.1, 0.15) is 10.4 Å². The second-order valence-electron chi connectivity index (χ2n) is 4.29. The summed E-state index contributed by atoms with van der Waals surface area (Å²) in [6, 6.07) is 3.99. The van der Waals surface area contributed by atoms with Crippen LogP contribution >= 0.6 is 23.2 Å². The monoisotopic (exact) mass is 360 g/mol. The van der Waals surface area contributed by atoms with E-state index >= 15 is 0 Å². The number of anilines is 1. The van der Waals surface area contributed by atoms with Gasteiger partial charge in [-0.05, 0) is 18.2 Å². The lowest BCUT2D eigenvalue weighted by Gasteiger charge is -2.10. The molecule has 5 nitrogen and oxygen atoms in total. The van der Waals surface area contributed by atoms with Gasteiger partial charge in [0, 0.05) is 6.07 Å². The minimum Gasteiger partial charge on any atom is -0.506 e. The van der Waals surface area contributed by atoms with Crippen LogP contribution in [0, 0.1) is 11.6 Å². The number of hydrogen-bond donors (Lipinski definition) is 3. The molecule has 0 atom stereocenters. The first-order valence-electron chi connectivity index (χ1n) is 6.04. The Labute approximate surface area is 138 Å². The first-order valence-corrected chi connectivity index (χ1v) is 6.79. The van der Waals surface area contributed by atoms with Crippen LogP contribution in [0.2, 0.25) is 10.0 Å². The van der Waals surface area contributed by atoms with Crippen LogP contribution in [0.15, 0.2) is 30.3 Å². The molecule has 0 aromatic heterocycles. The number of urea groups is 1. The zero-order chi connectivity index (χ0) is 17.1. The lowest BCUT2D eigenvalue weighted by atomic mass is 10.2. The SMILES string of the molecule is O=C(NC(=O)c1c(F)cccc1F)Nc1cc(Cl)c(O)cc1Cl. The van der Waals surface area contributed by atoms with Gasteiger partial charge in [-0.1, -0.05) is 29.3 Å². The minimum atomic E-state index is -1.26. The first-order chi connectivity index (χ1) is 10.8. The largest absolute Gasteiger partial charge is 0.506 e. The summed E-state index contributed by atoms with van der Waals surface area (Å²) in [5, 5.41) is 13.1. The number of carbonyl (C=O) groups is 2. The summed E-state index contributed by atoms with van der Waals surface area (Å²) in [5.41, 5.74) is -0.897. The Hall–Kier alpha value is -2.38. The molecular weight excluding hydrogens is 353 g/mol. The summed E-state index contributed by atoms with van der Waals surface area (Å²) in [6.07, 6.45) is 0. The van der Waals surface area contributed by atoms with Gasteiger partial charge in [-0.15, -0.1) is 0 Å². The van der Waals surface area contributed by atoms with Crippen molar-refractivity contribution in [1.29, 1.82) is 0 Å². The normalized spacial score (nSPS) is 10.3. The average Bonchev–Trinajstić information content (AvgIpc) is 2.44. The zero-order valence-corrected chi connectivity index (χ0v) is 12.7. The van der Waals surface area contributed by atoms with Crippen LogP contribution in [0.3, 0.4) is 0 Å². The van der Waals surface area contributed by atoms with Gasteiger partial charge in [-0.25, -0.2) is 13.6 Å². The maximum Gasteiger partial charge on any atom is 0.326 e. The van der Waals surface area contributed by atoms with Crippen molar-refractivity contribution in [2.24, 2.45) is 0 Å². The summed E-state index contributed by atoms with van der Waals surface area (Å²) >= 11 is 11.4. The molecule has 2 aromatic carbocycles. The average molecular weight is 361 g/mol. The van der Waals surface area contributed by atoms with E-state index in [0.717, 1.165) is 30.3 Å². The molecule has 0 radical (unpaired) electrons. The molecule has 0 spiro atoms. The Morgan fingerprint density at radius 1 is 1.04 bits per heavy atom. The molecule has 0 saturated heterocycles. The van der Waals surface area contributed by atoms with E-state index in [-0.39, 0.29) is 21.5 Å². The smallest absolute Gasteiger partial charge is 0.326 e. The molecule has 120 valence electrons. The zero-order valence-electron chi connectivity index (χ0n) is 11.2. The molecule has 0 unspecified atom stereocenters. The molecular formula is C14H8Cl2F2N2O3. The van der Waals surface area contributed by atoms with E-state index in [0.29, 0.717) is 0 Å².